The van der Waals surface area contributed by atoms with Gasteiger partial charge in [0.15, 0.2) is 0 Å². The number of nitrogens with zero attached hydrogens (tertiary/aromatic N) is 1. The first kappa shape index (κ1) is 18.0. The molecule has 120 valence electrons. The van der Waals surface area contributed by atoms with Crippen LogP contribution in [0.25, 0.3) is 0 Å². The summed E-state index contributed by atoms with van der Waals surface area (Å²) < 4.78 is 45.4. The summed E-state index contributed by atoms with van der Waals surface area (Å²) in [4.78, 5) is 0.00153. The topological polar surface area (TPSA) is 58.6 Å². The number of methoxy groups -OCH3 is 1. The van der Waals surface area contributed by atoms with Crippen molar-refractivity contribution < 1.29 is 17.5 Å². The number of rotatable bonds is 8. The molecule has 1 rings (SSSR count). The quantitative estimate of drug-likeness (QED) is 0.791. The molecule has 1 aromatic carbocycles. The number of nitrogens with one attached hydrogen (secondary N) is 1. The van der Waals surface area contributed by atoms with Crippen molar-refractivity contribution in [1.29, 1.82) is 0 Å². The number of sulfonamides is 1. The van der Waals surface area contributed by atoms with Crippen molar-refractivity contribution in [1.82, 2.24) is 9.62 Å². The van der Waals surface area contributed by atoms with Crippen LogP contribution in [-0.4, -0.2) is 46.1 Å². The molecule has 5 nitrogen and oxygen atoms in total. The molecule has 0 aliphatic heterocycles. The zero-order valence-corrected chi connectivity index (χ0v) is 13.7. The van der Waals surface area contributed by atoms with Crippen LogP contribution in [0.4, 0.5) is 4.39 Å². The second kappa shape index (κ2) is 7.84. The molecule has 0 radical (unpaired) electrons. The van der Waals surface area contributed by atoms with E-state index in [0.717, 1.165) is 6.07 Å². The van der Waals surface area contributed by atoms with E-state index in [1.807, 2.05) is 0 Å². The van der Waals surface area contributed by atoms with Gasteiger partial charge in [-0.3, -0.25) is 0 Å². The fourth-order valence-electron chi connectivity index (χ4n) is 2.07. The van der Waals surface area contributed by atoms with Crippen LogP contribution in [0.15, 0.2) is 23.1 Å². The Kier molecular flexibility index (Phi) is 6.73. The van der Waals surface area contributed by atoms with Gasteiger partial charge in [-0.25, -0.2) is 12.8 Å². The zero-order chi connectivity index (χ0) is 16.0. The SMILES string of the molecule is CNCc1ccc(F)cc1S(=O)(=O)N(CCOC)C(C)C. The van der Waals surface area contributed by atoms with Crippen molar-refractivity contribution in [2.45, 2.75) is 31.3 Å². The monoisotopic (exact) mass is 318 g/mol. The van der Waals surface area contributed by atoms with Crippen LogP contribution in [0.1, 0.15) is 19.4 Å². The molecule has 21 heavy (non-hydrogen) atoms. The normalized spacial score (nSPS) is 12.3. The van der Waals surface area contributed by atoms with Gasteiger partial charge in [-0.2, -0.15) is 4.31 Å². The first-order chi connectivity index (χ1) is 9.84. The van der Waals surface area contributed by atoms with Crippen LogP contribution in [0.2, 0.25) is 0 Å². The minimum absolute atomic E-state index is 0.00153. The summed E-state index contributed by atoms with van der Waals surface area (Å²) in [6.45, 7) is 4.43. The summed E-state index contributed by atoms with van der Waals surface area (Å²) in [5.74, 6) is -0.566. The highest BCUT2D eigenvalue weighted by Crippen LogP contribution is 2.23. The molecule has 0 saturated carbocycles. The average molecular weight is 318 g/mol. The summed E-state index contributed by atoms with van der Waals surface area (Å²) in [7, 11) is -0.548. The first-order valence-corrected chi connectivity index (χ1v) is 8.22. The highest BCUT2D eigenvalue weighted by Gasteiger charge is 2.29. The number of hydrogen-bond donors (Lipinski definition) is 1. The maximum absolute atomic E-state index is 13.5. The van der Waals surface area contributed by atoms with E-state index in [4.69, 9.17) is 4.74 Å². The lowest BCUT2D eigenvalue weighted by Gasteiger charge is -2.26. The summed E-state index contributed by atoms with van der Waals surface area (Å²) in [5.41, 5.74) is 0.543. The van der Waals surface area contributed by atoms with Gasteiger partial charge in [0.25, 0.3) is 0 Å². The second-order valence-electron chi connectivity index (χ2n) is 4.98. The lowest BCUT2D eigenvalue weighted by molar-refractivity contribution is 0.171. The first-order valence-electron chi connectivity index (χ1n) is 6.78. The Bertz CT molecular complexity index is 561. The maximum atomic E-state index is 13.5. The molecule has 1 N–H and O–H groups in total. The van der Waals surface area contributed by atoms with E-state index in [1.165, 1.54) is 23.5 Å². The maximum Gasteiger partial charge on any atom is 0.243 e. The molecule has 0 aromatic heterocycles. The van der Waals surface area contributed by atoms with E-state index in [2.05, 4.69) is 5.32 Å². The van der Waals surface area contributed by atoms with Crippen molar-refractivity contribution in [3.8, 4) is 0 Å². The Morgan fingerprint density at radius 1 is 1.38 bits per heavy atom. The highest BCUT2D eigenvalue weighted by atomic mass is 32.2. The van der Waals surface area contributed by atoms with Gasteiger partial charge in [0.1, 0.15) is 5.82 Å². The van der Waals surface area contributed by atoms with Crippen LogP contribution >= 0.6 is 0 Å². The molecule has 0 bridgehead atoms. The van der Waals surface area contributed by atoms with E-state index < -0.39 is 15.8 Å². The third-order valence-corrected chi connectivity index (χ3v) is 5.23. The minimum Gasteiger partial charge on any atom is -0.383 e. The van der Waals surface area contributed by atoms with Crippen LogP contribution < -0.4 is 5.32 Å². The Labute approximate surface area is 126 Å². The number of benzene rings is 1. The highest BCUT2D eigenvalue weighted by molar-refractivity contribution is 7.89. The van der Waals surface area contributed by atoms with Crippen molar-refractivity contribution >= 4 is 10.0 Å². The van der Waals surface area contributed by atoms with Gasteiger partial charge in [-0.05, 0) is 38.6 Å². The summed E-state index contributed by atoms with van der Waals surface area (Å²) in [6.07, 6.45) is 0. The molecule has 0 fully saturated rings. The van der Waals surface area contributed by atoms with Gasteiger partial charge in [-0.15, -0.1) is 0 Å². The van der Waals surface area contributed by atoms with E-state index in [0.29, 0.717) is 12.1 Å². The Hall–Kier alpha value is -1.02. The summed E-state index contributed by atoms with van der Waals surface area (Å²) in [6, 6.07) is 3.59. The van der Waals surface area contributed by atoms with E-state index >= 15 is 0 Å². The molecule has 0 aliphatic rings. The molecule has 1 aromatic rings. The molecule has 0 heterocycles. The van der Waals surface area contributed by atoms with Crippen molar-refractivity contribution in [3.63, 3.8) is 0 Å². The third kappa shape index (κ3) is 4.47. The summed E-state index contributed by atoms with van der Waals surface area (Å²) in [5, 5.41) is 2.90. The van der Waals surface area contributed by atoms with Crippen molar-refractivity contribution in [3.05, 3.63) is 29.6 Å². The predicted molar refractivity (Wildman–Crippen MR) is 80.1 cm³/mol. The average Bonchev–Trinajstić information content (AvgIpc) is 2.40. The second-order valence-corrected chi connectivity index (χ2v) is 6.84. The van der Waals surface area contributed by atoms with Crippen LogP contribution in [-0.2, 0) is 21.3 Å². The predicted octanol–water partition coefficient (Wildman–Crippen LogP) is 1.59. The van der Waals surface area contributed by atoms with Gasteiger partial charge < -0.3 is 10.1 Å². The molecule has 7 heteroatoms. The van der Waals surface area contributed by atoms with Gasteiger partial charge in [-0.1, -0.05) is 6.07 Å². The van der Waals surface area contributed by atoms with E-state index in [9.17, 15) is 12.8 Å². The Morgan fingerprint density at radius 3 is 2.57 bits per heavy atom. The van der Waals surface area contributed by atoms with Crippen molar-refractivity contribution in [2.75, 3.05) is 27.3 Å². The molecular weight excluding hydrogens is 295 g/mol. The minimum atomic E-state index is -3.77. The Balaban J connectivity index is 3.29. The molecule has 0 saturated heterocycles. The van der Waals surface area contributed by atoms with Gasteiger partial charge in [0, 0.05) is 26.2 Å². The Morgan fingerprint density at radius 2 is 2.05 bits per heavy atom. The molecule has 0 unspecified atom stereocenters. The fourth-order valence-corrected chi connectivity index (χ4v) is 3.92. The fraction of sp³-hybridized carbons (Fsp3) is 0.571. The molecule has 0 aliphatic carbocycles. The van der Waals surface area contributed by atoms with Crippen LogP contribution in [0.3, 0.4) is 0 Å². The number of ether oxygens (including phenoxy) is 1. The van der Waals surface area contributed by atoms with E-state index in [-0.39, 0.29) is 24.1 Å². The van der Waals surface area contributed by atoms with E-state index in [1.54, 1.807) is 20.9 Å². The van der Waals surface area contributed by atoms with Gasteiger partial charge in [0.2, 0.25) is 10.0 Å². The van der Waals surface area contributed by atoms with Crippen LogP contribution in [0.5, 0.6) is 0 Å². The molecular formula is C14H23FN2O3S. The molecule has 0 spiro atoms. The zero-order valence-electron chi connectivity index (χ0n) is 12.9. The third-order valence-electron chi connectivity index (χ3n) is 3.07. The standard InChI is InChI=1S/C14H23FN2O3S/c1-11(2)17(7-8-20-4)21(18,19)14-9-13(15)6-5-12(14)10-16-3/h5-6,9,11,16H,7-8,10H2,1-4H3. The largest absolute Gasteiger partial charge is 0.383 e. The van der Waals surface area contributed by atoms with Gasteiger partial charge in [0.05, 0.1) is 11.5 Å². The van der Waals surface area contributed by atoms with Crippen molar-refractivity contribution in [2.24, 2.45) is 0 Å². The lowest BCUT2D eigenvalue weighted by Crippen LogP contribution is -2.39. The lowest BCUT2D eigenvalue weighted by atomic mass is 10.2. The summed E-state index contributed by atoms with van der Waals surface area (Å²) >= 11 is 0. The smallest absolute Gasteiger partial charge is 0.243 e. The molecule has 0 atom stereocenters. The van der Waals surface area contributed by atoms with Crippen LogP contribution in [0, 0.1) is 5.82 Å². The van der Waals surface area contributed by atoms with Gasteiger partial charge >= 0.3 is 0 Å². The number of halogens is 1. The molecule has 0 amide bonds. The number of hydrogen-bond acceptors (Lipinski definition) is 4.